The van der Waals surface area contributed by atoms with Gasteiger partial charge in [-0.1, -0.05) is 25.3 Å². The van der Waals surface area contributed by atoms with Gasteiger partial charge in [0.2, 0.25) is 5.91 Å². The lowest BCUT2D eigenvalue weighted by molar-refractivity contribution is -0.114. The highest BCUT2D eigenvalue weighted by Gasteiger charge is 2.19. The molecule has 0 spiro atoms. The quantitative estimate of drug-likeness (QED) is 0.596. The van der Waals surface area contributed by atoms with Crippen molar-refractivity contribution in [2.75, 3.05) is 30.3 Å². The van der Waals surface area contributed by atoms with Crippen molar-refractivity contribution in [3.8, 4) is 0 Å². The molecule has 3 N–H and O–H groups in total. The van der Waals surface area contributed by atoms with Crippen LogP contribution in [0.5, 0.6) is 0 Å². The summed E-state index contributed by atoms with van der Waals surface area (Å²) in [5.74, 6) is -0.233. The highest BCUT2D eigenvalue weighted by molar-refractivity contribution is 5.97. The molecule has 2 fully saturated rings. The number of likely N-dealkylation sites (tertiary alicyclic amines) is 1. The van der Waals surface area contributed by atoms with Gasteiger partial charge in [0.25, 0.3) is 11.8 Å². The molecular formula is C26H32N4O3. The molecule has 2 aliphatic rings. The molecule has 7 nitrogen and oxygen atoms in total. The van der Waals surface area contributed by atoms with Crippen LogP contribution in [-0.4, -0.2) is 48.3 Å². The second-order valence-corrected chi connectivity index (χ2v) is 8.87. The predicted octanol–water partition coefficient (Wildman–Crippen LogP) is 4.04. The zero-order valence-electron chi connectivity index (χ0n) is 18.9. The van der Waals surface area contributed by atoms with Crippen LogP contribution >= 0.6 is 0 Å². The summed E-state index contributed by atoms with van der Waals surface area (Å²) in [6.45, 7) is 1.70. The smallest absolute Gasteiger partial charge is 0.253 e. The molecule has 1 heterocycles. The topological polar surface area (TPSA) is 90.5 Å². The van der Waals surface area contributed by atoms with Crippen LogP contribution in [0.15, 0.2) is 48.5 Å². The lowest BCUT2D eigenvalue weighted by atomic mass is 9.95. The molecule has 2 aromatic rings. The number of nitrogens with one attached hydrogen (secondary N) is 3. The number of benzene rings is 2. The summed E-state index contributed by atoms with van der Waals surface area (Å²) in [4.78, 5) is 39.2. The van der Waals surface area contributed by atoms with Gasteiger partial charge in [-0.15, -0.1) is 0 Å². The summed E-state index contributed by atoms with van der Waals surface area (Å²) in [5, 5.41) is 9.03. The molecule has 174 valence electrons. The van der Waals surface area contributed by atoms with E-state index in [0.29, 0.717) is 22.5 Å². The Morgan fingerprint density at radius 2 is 1.55 bits per heavy atom. The number of nitrogens with zero attached hydrogens (tertiary/aromatic N) is 1. The van der Waals surface area contributed by atoms with Gasteiger partial charge in [0.15, 0.2) is 0 Å². The summed E-state index contributed by atoms with van der Waals surface area (Å²) in [7, 11) is 0. The SMILES string of the molecule is O=C(CNc1cccc(C(=O)NC2CCCCC2)c1)Nc1ccc(C(=O)N2CCCC2)cc1. The van der Waals surface area contributed by atoms with E-state index in [0.717, 1.165) is 38.8 Å². The number of hydrogen-bond acceptors (Lipinski definition) is 4. The fourth-order valence-corrected chi connectivity index (χ4v) is 4.47. The van der Waals surface area contributed by atoms with Crippen LogP contribution in [0.1, 0.15) is 65.7 Å². The third-order valence-corrected chi connectivity index (χ3v) is 6.33. The van der Waals surface area contributed by atoms with Crippen molar-refractivity contribution in [2.45, 2.75) is 51.0 Å². The van der Waals surface area contributed by atoms with Crippen molar-refractivity contribution in [1.29, 1.82) is 0 Å². The number of rotatable bonds is 7. The monoisotopic (exact) mass is 448 g/mol. The van der Waals surface area contributed by atoms with Gasteiger partial charge in [-0.3, -0.25) is 14.4 Å². The molecule has 7 heteroatoms. The largest absolute Gasteiger partial charge is 0.376 e. The first kappa shape index (κ1) is 22.8. The van der Waals surface area contributed by atoms with E-state index in [1.165, 1.54) is 19.3 Å². The van der Waals surface area contributed by atoms with Crippen molar-refractivity contribution >= 4 is 29.1 Å². The Morgan fingerprint density at radius 3 is 2.27 bits per heavy atom. The number of hydrogen-bond donors (Lipinski definition) is 3. The zero-order chi connectivity index (χ0) is 23.0. The molecule has 2 aromatic carbocycles. The Bertz CT molecular complexity index is 977. The maximum Gasteiger partial charge on any atom is 0.253 e. The first-order chi connectivity index (χ1) is 16.1. The zero-order valence-corrected chi connectivity index (χ0v) is 18.9. The Labute approximate surface area is 194 Å². The molecule has 0 radical (unpaired) electrons. The lowest BCUT2D eigenvalue weighted by Crippen LogP contribution is -2.36. The van der Waals surface area contributed by atoms with E-state index in [2.05, 4.69) is 16.0 Å². The highest BCUT2D eigenvalue weighted by Crippen LogP contribution is 2.19. The average Bonchev–Trinajstić information content (AvgIpc) is 3.39. The minimum absolute atomic E-state index is 0.0412. The molecule has 0 atom stereocenters. The standard InChI is InChI=1S/C26H32N4O3/c31-24(28-22-13-11-19(12-14-22)26(33)30-15-4-5-16-30)18-27-23-10-6-7-20(17-23)25(32)29-21-8-2-1-3-9-21/h6-7,10-14,17,21,27H,1-5,8-9,15-16,18H2,(H,28,31)(H,29,32). The highest BCUT2D eigenvalue weighted by atomic mass is 16.2. The fraction of sp³-hybridized carbons (Fsp3) is 0.423. The van der Waals surface area contributed by atoms with E-state index in [1.807, 2.05) is 17.0 Å². The number of amides is 3. The van der Waals surface area contributed by atoms with Gasteiger partial charge in [0.05, 0.1) is 6.54 Å². The molecule has 1 saturated carbocycles. The van der Waals surface area contributed by atoms with Gasteiger partial charge >= 0.3 is 0 Å². The van der Waals surface area contributed by atoms with E-state index >= 15 is 0 Å². The Morgan fingerprint density at radius 1 is 0.818 bits per heavy atom. The van der Waals surface area contributed by atoms with E-state index in [4.69, 9.17) is 0 Å². The Kier molecular flexibility index (Phi) is 7.60. The van der Waals surface area contributed by atoms with E-state index in [1.54, 1.807) is 36.4 Å². The van der Waals surface area contributed by atoms with Gasteiger partial charge in [-0.25, -0.2) is 0 Å². The van der Waals surface area contributed by atoms with Crippen LogP contribution in [0, 0.1) is 0 Å². The van der Waals surface area contributed by atoms with Crippen LogP contribution < -0.4 is 16.0 Å². The van der Waals surface area contributed by atoms with Crippen LogP contribution in [0.25, 0.3) is 0 Å². The third kappa shape index (κ3) is 6.34. The number of carbonyl (C=O) groups excluding carboxylic acids is 3. The molecule has 0 aromatic heterocycles. The normalized spacial score (nSPS) is 16.3. The summed E-state index contributed by atoms with van der Waals surface area (Å²) in [5.41, 5.74) is 2.58. The minimum Gasteiger partial charge on any atom is -0.376 e. The van der Waals surface area contributed by atoms with Crippen molar-refractivity contribution in [2.24, 2.45) is 0 Å². The van der Waals surface area contributed by atoms with Crippen LogP contribution in [0.4, 0.5) is 11.4 Å². The van der Waals surface area contributed by atoms with Gasteiger partial charge < -0.3 is 20.9 Å². The lowest BCUT2D eigenvalue weighted by Gasteiger charge is -2.22. The van der Waals surface area contributed by atoms with Crippen LogP contribution in [0.3, 0.4) is 0 Å². The van der Waals surface area contributed by atoms with Crippen molar-refractivity contribution in [3.05, 3.63) is 59.7 Å². The maximum absolute atomic E-state index is 12.6. The summed E-state index contributed by atoms with van der Waals surface area (Å²) >= 11 is 0. The van der Waals surface area contributed by atoms with Gasteiger partial charge in [-0.05, 0) is 68.1 Å². The summed E-state index contributed by atoms with van der Waals surface area (Å²) in [6, 6.07) is 14.4. The molecule has 33 heavy (non-hydrogen) atoms. The average molecular weight is 449 g/mol. The molecule has 1 saturated heterocycles. The molecule has 3 amide bonds. The summed E-state index contributed by atoms with van der Waals surface area (Å²) in [6.07, 6.45) is 7.77. The van der Waals surface area contributed by atoms with E-state index in [-0.39, 0.29) is 30.3 Å². The van der Waals surface area contributed by atoms with Crippen molar-refractivity contribution in [3.63, 3.8) is 0 Å². The van der Waals surface area contributed by atoms with Crippen molar-refractivity contribution < 1.29 is 14.4 Å². The molecule has 0 unspecified atom stereocenters. The molecule has 0 bridgehead atoms. The minimum atomic E-state index is -0.203. The summed E-state index contributed by atoms with van der Waals surface area (Å²) < 4.78 is 0. The van der Waals surface area contributed by atoms with Gasteiger partial charge in [0, 0.05) is 41.6 Å². The van der Waals surface area contributed by atoms with Crippen molar-refractivity contribution in [1.82, 2.24) is 10.2 Å². The Hall–Kier alpha value is -3.35. The molecular weight excluding hydrogens is 416 g/mol. The first-order valence-electron chi connectivity index (χ1n) is 11.9. The molecule has 1 aliphatic carbocycles. The maximum atomic E-state index is 12.6. The Balaban J connectivity index is 1.26. The van der Waals surface area contributed by atoms with E-state index in [9.17, 15) is 14.4 Å². The molecule has 4 rings (SSSR count). The number of carbonyl (C=O) groups is 3. The first-order valence-corrected chi connectivity index (χ1v) is 11.9. The van der Waals surface area contributed by atoms with Gasteiger partial charge in [-0.2, -0.15) is 0 Å². The van der Waals surface area contributed by atoms with Crippen LogP contribution in [0.2, 0.25) is 0 Å². The molecule has 1 aliphatic heterocycles. The second-order valence-electron chi connectivity index (χ2n) is 8.87. The predicted molar refractivity (Wildman–Crippen MR) is 129 cm³/mol. The van der Waals surface area contributed by atoms with Crippen LogP contribution in [-0.2, 0) is 4.79 Å². The van der Waals surface area contributed by atoms with Gasteiger partial charge in [0.1, 0.15) is 0 Å². The van der Waals surface area contributed by atoms with E-state index < -0.39 is 0 Å². The number of anilines is 2. The fourth-order valence-electron chi connectivity index (χ4n) is 4.47. The third-order valence-electron chi connectivity index (χ3n) is 6.33. The second kappa shape index (κ2) is 11.0.